The van der Waals surface area contributed by atoms with Crippen molar-refractivity contribution < 1.29 is 9.15 Å². The maximum absolute atomic E-state index is 5.58. The second-order valence-electron chi connectivity index (χ2n) is 4.39. The summed E-state index contributed by atoms with van der Waals surface area (Å²) >= 11 is 0. The van der Waals surface area contributed by atoms with Gasteiger partial charge in [0.05, 0.1) is 19.4 Å². The number of nitrogens with one attached hydrogen (secondary N) is 1. The van der Waals surface area contributed by atoms with Gasteiger partial charge in [-0.05, 0) is 19.0 Å². The molecule has 0 unspecified atom stereocenters. The molecular formula is C13H22N2O2. The van der Waals surface area contributed by atoms with Gasteiger partial charge in [-0.1, -0.05) is 6.92 Å². The molecule has 2 rings (SSSR count). The summed E-state index contributed by atoms with van der Waals surface area (Å²) in [6.07, 6.45) is 2.90. The van der Waals surface area contributed by atoms with Crippen LogP contribution < -0.4 is 5.32 Å². The molecule has 1 N–H and O–H groups in total. The van der Waals surface area contributed by atoms with Crippen LogP contribution in [0.3, 0.4) is 0 Å². The molecule has 1 aliphatic heterocycles. The number of nitrogens with zero attached hydrogens (tertiary/aromatic N) is 1. The highest BCUT2D eigenvalue weighted by molar-refractivity contribution is 5.16. The van der Waals surface area contributed by atoms with Gasteiger partial charge in [0.25, 0.3) is 0 Å². The van der Waals surface area contributed by atoms with Crippen molar-refractivity contribution in [1.82, 2.24) is 10.2 Å². The molecular weight excluding hydrogens is 216 g/mol. The van der Waals surface area contributed by atoms with E-state index in [1.165, 1.54) is 5.56 Å². The molecule has 0 atom stereocenters. The smallest absolute Gasteiger partial charge is 0.122 e. The van der Waals surface area contributed by atoms with E-state index in [0.29, 0.717) is 0 Å². The molecule has 0 radical (unpaired) electrons. The fourth-order valence-electron chi connectivity index (χ4n) is 2.08. The Bertz CT molecular complexity index is 317. The quantitative estimate of drug-likeness (QED) is 0.845. The van der Waals surface area contributed by atoms with Crippen LogP contribution in [0.2, 0.25) is 0 Å². The maximum Gasteiger partial charge on any atom is 0.122 e. The summed E-state index contributed by atoms with van der Waals surface area (Å²) < 4.78 is 11.0. The van der Waals surface area contributed by atoms with Gasteiger partial charge in [0.1, 0.15) is 5.76 Å². The highest BCUT2D eigenvalue weighted by Gasteiger charge is 2.13. The number of furan rings is 1. The molecule has 2 heterocycles. The van der Waals surface area contributed by atoms with Crippen molar-refractivity contribution in [3.63, 3.8) is 0 Å². The van der Waals surface area contributed by atoms with Gasteiger partial charge in [0.15, 0.2) is 0 Å². The van der Waals surface area contributed by atoms with Crippen LogP contribution in [0.1, 0.15) is 24.7 Å². The second kappa shape index (κ2) is 6.79. The average molecular weight is 238 g/mol. The van der Waals surface area contributed by atoms with Gasteiger partial charge in [-0.15, -0.1) is 0 Å². The first-order valence-corrected chi connectivity index (χ1v) is 6.46. The van der Waals surface area contributed by atoms with Gasteiger partial charge in [-0.3, -0.25) is 4.90 Å². The summed E-state index contributed by atoms with van der Waals surface area (Å²) in [5, 5.41) is 3.34. The Labute approximate surface area is 103 Å². The molecule has 0 aliphatic carbocycles. The molecule has 0 spiro atoms. The Kier molecular flexibility index (Phi) is 5.04. The molecule has 0 bridgehead atoms. The lowest BCUT2D eigenvalue weighted by Crippen LogP contribution is -2.26. The Hall–Kier alpha value is -0.840. The normalized spacial score (nSPS) is 18.2. The van der Waals surface area contributed by atoms with E-state index in [1.54, 1.807) is 6.26 Å². The monoisotopic (exact) mass is 238 g/mol. The van der Waals surface area contributed by atoms with E-state index < -0.39 is 0 Å². The van der Waals surface area contributed by atoms with Crippen molar-refractivity contribution in [3.8, 4) is 0 Å². The van der Waals surface area contributed by atoms with Crippen LogP contribution in [0.15, 0.2) is 16.7 Å². The van der Waals surface area contributed by atoms with Gasteiger partial charge in [-0.25, -0.2) is 0 Å². The summed E-state index contributed by atoms with van der Waals surface area (Å²) in [5.41, 5.74) is 1.28. The first kappa shape index (κ1) is 12.6. The third kappa shape index (κ3) is 3.84. The lowest BCUT2D eigenvalue weighted by atomic mass is 10.2. The van der Waals surface area contributed by atoms with Crippen LogP contribution in [0.4, 0.5) is 0 Å². The topological polar surface area (TPSA) is 37.6 Å². The minimum atomic E-state index is 0.837. The molecule has 4 heteroatoms. The standard InChI is InChI=1S/C13H22N2O2/c1-2-14-10-12-4-8-17-13(12)11-15-5-3-7-16-9-6-15/h4,8,14H,2-3,5-7,9-11H2,1H3. The Morgan fingerprint density at radius 2 is 2.29 bits per heavy atom. The summed E-state index contributed by atoms with van der Waals surface area (Å²) in [6, 6.07) is 2.06. The SMILES string of the molecule is CCNCc1ccoc1CN1CCCOCC1. The van der Waals surface area contributed by atoms with Gasteiger partial charge in [-0.2, -0.15) is 0 Å². The van der Waals surface area contributed by atoms with Gasteiger partial charge >= 0.3 is 0 Å². The van der Waals surface area contributed by atoms with Gasteiger partial charge < -0.3 is 14.5 Å². The number of hydrogen-bond acceptors (Lipinski definition) is 4. The van der Waals surface area contributed by atoms with Crippen molar-refractivity contribution in [2.75, 3.05) is 32.8 Å². The third-order valence-electron chi connectivity index (χ3n) is 3.09. The lowest BCUT2D eigenvalue weighted by molar-refractivity contribution is 0.139. The number of rotatable bonds is 5. The van der Waals surface area contributed by atoms with Crippen molar-refractivity contribution in [2.45, 2.75) is 26.4 Å². The van der Waals surface area contributed by atoms with Crippen LogP contribution in [-0.4, -0.2) is 37.7 Å². The summed E-state index contributed by atoms with van der Waals surface area (Å²) in [4.78, 5) is 2.40. The molecule has 1 aromatic rings. The van der Waals surface area contributed by atoms with Crippen molar-refractivity contribution >= 4 is 0 Å². The molecule has 0 amide bonds. The van der Waals surface area contributed by atoms with Gasteiger partial charge in [0, 0.05) is 31.8 Å². The predicted molar refractivity (Wildman–Crippen MR) is 66.8 cm³/mol. The van der Waals surface area contributed by atoms with Crippen molar-refractivity contribution in [3.05, 3.63) is 23.7 Å². The highest BCUT2D eigenvalue weighted by Crippen LogP contribution is 2.14. The van der Waals surface area contributed by atoms with Crippen molar-refractivity contribution in [1.29, 1.82) is 0 Å². The molecule has 1 fully saturated rings. The van der Waals surface area contributed by atoms with E-state index in [-0.39, 0.29) is 0 Å². The fourth-order valence-corrected chi connectivity index (χ4v) is 2.08. The molecule has 17 heavy (non-hydrogen) atoms. The van der Waals surface area contributed by atoms with Crippen LogP contribution in [0, 0.1) is 0 Å². The van der Waals surface area contributed by atoms with Crippen LogP contribution >= 0.6 is 0 Å². The second-order valence-corrected chi connectivity index (χ2v) is 4.39. The Balaban J connectivity index is 1.90. The Morgan fingerprint density at radius 3 is 3.18 bits per heavy atom. The van der Waals surface area contributed by atoms with E-state index in [4.69, 9.17) is 9.15 Å². The Morgan fingerprint density at radius 1 is 1.35 bits per heavy atom. The highest BCUT2D eigenvalue weighted by atomic mass is 16.5. The average Bonchev–Trinajstić information content (AvgIpc) is 2.61. The molecule has 0 saturated carbocycles. The minimum absolute atomic E-state index is 0.837. The van der Waals surface area contributed by atoms with Crippen LogP contribution in [-0.2, 0) is 17.8 Å². The molecule has 0 aromatic carbocycles. The van der Waals surface area contributed by atoms with E-state index in [0.717, 1.165) is 58.1 Å². The number of ether oxygens (including phenoxy) is 1. The number of hydrogen-bond donors (Lipinski definition) is 1. The zero-order valence-electron chi connectivity index (χ0n) is 10.6. The van der Waals surface area contributed by atoms with E-state index in [9.17, 15) is 0 Å². The van der Waals surface area contributed by atoms with Crippen LogP contribution in [0.5, 0.6) is 0 Å². The molecule has 1 aliphatic rings. The van der Waals surface area contributed by atoms with E-state index in [2.05, 4.69) is 23.2 Å². The molecule has 4 nitrogen and oxygen atoms in total. The molecule has 96 valence electrons. The first-order valence-electron chi connectivity index (χ1n) is 6.46. The van der Waals surface area contributed by atoms with Crippen molar-refractivity contribution in [2.24, 2.45) is 0 Å². The zero-order valence-corrected chi connectivity index (χ0v) is 10.6. The lowest BCUT2D eigenvalue weighted by Gasteiger charge is -2.18. The largest absolute Gasteiger partial charge is 0.468 e. The molecule has 1 aromatic heterocycles. The zero-order chi connectivity index (χ0) is 11.9. The predicted octanol–water partition coefficient (Wildman–Crippen LogP) is 1.61. The maximum atomic E-state index is 5.58. The summed E-state index contributed by atoms with van der Waals surface area (Å²) in [5.74, 6) is 1.09. The van der Waals surface area contributed by atoms with E-state index in [1.807, 2.05) is 0 Å². The van der Waals surface area contributed by atoms with E-state index >= 15 is 0 Å². The van der Waals surface area contributed by atoms with Crippen LogP contribution in [0.25, 0.3) is 0 Å². The third-order valence-corrected chi connectivity index (χ3v) is 3.09. The summed E-state index contributed by atoms with van der Waals surface area (Å²) in [7, 11) is 0. The van der Waals surface area contributed by atoms with Gasteiger partial charge in [0.2, 0.25) is 0 Å². The summed E-state index contributed by atoms with van der Waals surface area (Å²) in [6.45, 7) is 8.72. The minimum Gasteiger partial charge on any atom is -0.468 e. The fraction of sp³-hybridized carbons (Fsp3) is 0.692. The molecule has 1 saturated heterocycles. The first-order chi connectivity index (χ1) is 8.40.